The van der Waals surface area contributed by atoms with Crippen molar-refractivity contribution < 1.29 is 0 Å². The Morgan fingerprint density at radius 3 is 1.33 bits per heavy atom. The van der Waals surface area contributed by atoms with E-state index in [1.165, 1.54) is 21.9 Å². The van der Waals surface area contributed by atoms with Crippen molar-refractivity contribution in [1.29, 1.82) is 0 Å². The maximum absolute atomic E-state index is 2.29. The van der Waals surface area contributed by atoms with Gasteiger partial charge in [0.05, 0.1) is 0 Å². The van der Waals surface area contributed by atoms with E-state index in [9.17, 15) is 0 Å². The molecule has 0 saturated heterocycles. The Bertz CT molecular complexity index is 514. The zero-order valence-corrected chi connectivity index (χ0v) is 12.5. The van der Waals surface area contributed by atoms with Crippen LogP contribution in [0.4, 0.5) is 0 Å². The van der Waals surface area contributed by atoms with Gasteiger partial charge in [-0.2, -0.15) is 0 Å². The van der Waals surface area contributed by atoms with E-state index in [0.29, 0.717) is 0 Å². The fourth-order valence-electron chi connectivity index (χ4n) is 2.59. The van der Waals surface area contributed by atoms with E-state index in [1.54, 1.807) is 0 Å². The third-order valence-electron chi connectivity index (χ3n) is 3.52. The van der Waals surface area contributed by atoms with Crippen LogP contribution in [-0.4, -0.2) is 0 Å². The van der Waals surface area contributed by atoms with Crippen LogP contribution in [0.15, 0.2) is 36.4 Å². The molecule has 0 unspecified atom stereocenters. The van der Waals surface area contributed by atoms with Crippen LogP contribution in [-0.2, 0) is 10.8 Å². The Kier molecular flexibility index (Phi) is 3.01. The van der Waals surface area contributed by atoms with Gasteiger partial charge in [-0.1, -0.05) is 77.9 Å². The second kappa shape index (κ2) is 4.12. The van der Waals surface area contributed by atoms with Gasteiger partial charge in [-0.05, 0) is 32.7 Å². The van der Waals surface area contributed by atoms with Gasteiger partial charge in [-0.3, -0.25) is 0 Å². The lowest BCUT2D eigenvalue weighted by Crippen LogP contribution is -2.17. The number of hydrogen-bond donors (Lipinski definition) is 0. The SMILES string of the molecule is CC(C)(C)c1cccc2cccc(C(C)(C)C)c12. The molecule has 0 bridgehead atoms. The quantitative estimate of drug-likeness (QED) is 0.575. The first-order valence-electron chi connectivity index (χ1n) is 6.74. The minimum absolute atomic E-state index is 0.181. The van der Waals surface area contributed by atoms with Crippen LogP contribution in [0.3, 0.4) is 0 Å². The van der Waals surface area contributed by atoms with Crippen molar-refractivity contribution in [2.45, 2.75) is 52.4 Å². The molecule has 0 aliphatic rings. The van der Waals surface area contributed by atoms with E-state index in [2.05, 4.69) is 77.9 Å². The monoisotopic (exact) mass is 240 g/mol. The Hall–Kier alpha value is -1.30. The molecular formula is C18H24. The highest BCUT2D eigenvalue weighted by Gasteiger charge is 2.22. The smallest absolute Gasteiger partial charge is 0.0109 e. The predicted octanol–water partition coefficient (Wildman–Crippen LogP) is 5.43. The topological polar surface area (TPSA) is 0 Å². The zero-order chi connectivity index (χ0) is 13.6. The van der Waals surface area contributed by atoms with E-state index < -0.39 is 0 Å². The molecule has 2 rings (SSSR count). The fraction of sp³-hybridized carbons (Fsp3) is 0.444. The van der Waals surface area contributed by atoms with Crippen LogP contribution in [0.1, 0.15) is 52.7 Å². The average molecular weight is 240 g/mol. The van der Waals surface area contributed by atoms with Gasteiger partial charge in [0, 0.05) is 0 Å². The number of hydrogen-bond acceptors (Lipinski definition) is 0. The maximum Gasteiger partial charge on any atom is -0.0109 e. The van der Waals surface area contributed by atoms with E-state index in [-0.39, 0.29) is 10.8 Å². The summed E-state index contributed by atoms with van der Waals surface area (Å²) < 4.78 is 0. The summed E-state index contributed by atoms with van der Waals surface area (Å²) in [4.78, 5) is 0. The molecular weight excluding hydrogens is 216 g/mol. The van der Waals surface area contributed by atoms with Crippen LogP contribution in [0.2, 0.25) is 0 Å². The van der Waals surface area contributed by atoms with E-state index in [0.717, 1.165) is 0 Å². The van der Waals surface area contributed by atoms with Gasteiger partial charge in [0.2, 0.25) is 0 Å². The van der Waals surface area contributed by atoms with Gasteiger partial charge in [0.1, 0.15) is 0 Å². The summed E-state index contributed by atoms with van der Waals surface area (Å²) in [5.41, 5.74) is 3.26. The van der Waals surface area contributed by atoms with E-state index >= 15 is 0 Å². The molecule has 2 aromatic rings. The molecule has 0 amide bonds. The molecule has 2 aromatic carbocycles. The maximum atomic E-state index is 2.29. The lowest BCUT2D eigenvalue weighted by molar-refractivity contribution is 0.581. The molecule has 0 aliphatic carbocycles. The molecule has 18 heavy (non-hydrogen) atoms. The minimum Gasteiger partial charge on any atom is -0.0613 e. The van der Waals surface area contributed by atoms with Gasteiger partial charge >= 0.3 is 0 Å². The normalized spacial score (nSPS) is 13.0. The molecule has 0 nitrogen and oxygen atoms in total. The van der Waals surface area contributed by atoms with Crippen LogP contribution in [0, 0.1) is 0 Å². The molecule has 0 heteroatoms. The van der Waals surface area contributed by atoms with Crippen molar-refractivity contribution in [3.05, 3.63) is 47.5 Å². The highest BCUT2D eigenvalue weighted by atomic mass is 14.3. The molecule has 0 atom stereocenters. The molecule has 0 N–H and O–H groups in total. The summed E-state index contributed by atoms with van der Waals surface area (Å²) in [5, 5.41) is 2.80. The molecule has 0 aromatic heterocycles. The van der Waals surface area contributed by atoms with Gasteiger partial charge < -0.3 is 0 Å². The molecule has 0 spiro atoms. The Balaban J connectivity index is 2.90. The van der Waals surface area contributed by atoms with Crippen molar-refractivity contribution >= 4 is 10.8 Å². The van der Waals surface area contributed by atoms with Crippen molar-refractivity contribution in [3.63, 3.8) is 0 Å². The van der Waals surface area contributed by atoms with Crippen molar-refractivity contribution in [3.8, 4) is 0 Å². The average Bonchev–Trinajstić information content (AvgIpc) is 2.24. The molecule has 0 aliphatic heterocycles. The van der Waals surface area contributed by atoms with Crippen LogP contribution in [0.5, 0.6) is 0 Å². The first-order valence-corrected chi connectivity index (χ1v) is 6.74. The highest BCUT2D eigenvalue weighted by molar-refractivity contribution is 5.90. The predicted molar refractivity (Wildman–Crippen MR) is 81.3 cm³/mol. The highest BCUT2D eigenvalue weighted by Crippen LogP contribution is 2.36. The summed E-state index contributed by atoms with van der Waals surface area (Å²) in [6, 6.07) is 13.3. The van der Waals surface area contributed by atoms with Crippen molar-refractivity contribution in [2.24, 2.45) is 0 Å². The molecule has 0 radical (unpaired) electrons. The Morgan fingerprint density at radius 2 is 1.00 bits per heavy atom. The third-order valence-corrected chi connectivity index (χ3v) is 3.52. The van der Waals surface area contributed by atoms with Crippen molar-refractivity contribution in [1.82, 2.24) is 0 Å². The Labute approximate surface area is 111 Å². The molecule has 0 saturated carbocycles. The number of rotatable bonds is 0. The zero-order valence-electron chi connectivity index (χ0n) is 12.5. The first kappa shape index (κ1) is 13.1. The second-order valence-corrected chi connectivity index (χ2v) is 7.21. The lowest BCUT2D eigenvalue weighted by atomic mass is 9.77. The van der Waals surface area contributed by atoms with Crippen LogP contribution in [0.25, 0.3) is 10.8 Å². The summed E-state index contributed by atoms with van der Waals surface area (Å²) >= 11 is 0. The third kappa shape index (κ3) is 2.29. The number of fused-ring (bicyclic) bond motifs is 1. The molecule has 96 valence electrons. The Morgan fingerprint density at radius 1 is 0.611 bits per heavy atom. The summed E-state index contributed by atoms with van der Waals surface area (Å²) in [7, 11) is 0. The van der Waals surface area contributed by atoms with E-state index in [4.69, 9.17) is 0 Å². The van der Waals surface area contributed by atoms with Gasteiger partial charge in [0.25, 0.3) is 0 Å². The minimum atomic E-state index is 0.181. The van der Waals surface area contributed by atoms with Gasteiger partial charge in [-0.15, -0.1) is 0 Å². The van der Waals surface area contributed by atoms with Crippen LogP contribution >= 0.6 is 0 Å². The first-order chi connectivity index (χ1) is 8.21. The molecule has 0 fully saturated rings. The second-order valence-electron chi connectivity index (χ2n) is 7.21. The fourth-order valence-corrected chi connectivity index (χ4v) is 2.59. The molecule has 0 heterocycles. The van der Waals surface area contributed by atoms with Gasteiger partial charge in [0.15, 0.2) is 0 Å². The van der Waals surface area contributed by atoms with Crippen molar-refractivity contribution in [2.75, 3.05) is 0 Å². The standard InChI is InChI=1S/C18H24/c1-17(2,3)14-11-7-9-13-10-8-12-15(16(13)14)18(4,5)6/h7-12H,1-6H3. The lowest BCUT2D eigenvalue weighted by Gasteiger charge is -2.27. The summed E-state index contributed by atoms with van der Waals surface area (Å²) in [5.74, 6) is 0. The van der Waals surface area contributed by atoms with Gasteiger partial charge in [-0.25, -0.2) is 0 Å². The largest absolute Gasteiger partial charge is 0.0613 e. The summed E-state index contributed by atoms with van der Waals surface area (Å²) in [6.07, 6.45) is 0. The summed E-state index contributed by atoms with van der Waals surface area (Å²) in [6.45, 7) is 13.8. The van der Waals surface area contributed by atoms with Crippen LogP contribution < -0.4 is 0 Å². The number of benzene rings is 2. The van der Waals surface area contributed by atoms with E-state index in [1.807, 2.05) is 0 Å².